The molecule has 2 aromatic carbocycles. The van der Waals surface area contributed by atoms with E-state index in [-0.39, 0.29) is 31.4 Å². The second-order valence-electron chi connectivity index (χ2n) is 7.08. The Kier molecular flexibility index (Phi) is 4.02. The molecule has 154 valence electrons. The van der Waals surface area contributed by atoms with Crippen molar-refractivity contribution in [3.8, 4) is 11.5 Å². The van der Waals surface area contributed by atoms with Crippen LogP contribution in [0, 0.1) is 0 Å². The van der Waals surface area contributed by atoms with E-state index < -0.39 is 23.6 Å². The molecule has 3 aliphatic heterocycles. The molecule has 6 nitrogen and oxygen atoms in total. The Balaban J connectivity index is 1.55. The lowest BCUT2D eigenvalue weighted by Crippen LogP contribution is -2.37. The third-order valence-electron chi connectivity index (χ3n) is 5.37. The lowest BCUT2D eigenvalue weighted by atomic mass is 9.84. The molecule has 30 heavy (non-hydrogen) atoms. The number of carbonyl (C=O) groups is 2. The van der Waals surface area contributed by atoms with Crippen LogP contribution < -0.4 is 14.4 Å². The molecule has 0 radical (unpaired) electrons. The number of amides is 1. The molecule has 0 bridgehead atoms. The van der Waals surface area contributed by atoms with Crippen LogP contribution in [0.3, 0.4) is 0 Å². The van der Waals surface area contributed by atoms with E-state index in [0.29, 0.717) is 28.3 Å². The van der Waals surface area contributed by atoms with Crippen LogP contribution in [-0.4, -0.2) is 25.3 Å². The Morgan fingerprint density at radius 1 is 0.933 bits per heavy atom. The number of rotatable bonds is 2. The molecule has 5 rings (SSSR count). The van der Waals surface area contributed by atoms with Crippen LogP contribution in [0.1, 0.15) is 23.5 Å². The molecule has 0 aliphatic carbocycles. The van der Waals surface area contributed by atoms with E-state index in [4.69, 9.17) is 14.2 Å². The minimum Gasteiger partial charge on any atom is -0.456 e. The van der Waals surface area contributed by atoms with E-state index in [1.54, 1.807) is 18.2 Å². The van der Waals surface area contributed by atoms with Crippen LogP contribution in [0.4, 0.5) is 18.9 Å². The van der Waals surface area contributed by atoms with Crippen LogP contribution >= 0.6 is 0 Å². The number of cyclic esters (lactones) is 1. The van der Waals surface area contributed by atoms with E-state index in [1.807, 2.05) is 0 Å². The summed E-state index contributed by atoms with van der Waals surface area (Å²) in [6.45, 7) is -0.0257. The number of alkyl halides is 3. The van der Waals surface area contributed by atoms with Crippen LogP contribution in [0.5, 0.6) is 11.5 Å². The van der Waals surface area contributed by atoms with E-state index >= 15 is 0 Å². The minimum atomic E-state index is -4.48. The van der Waals surface area contributed by atoms with Crippen LogP contribution in [0.15, 0.2) is 53.7 Å². The van der Waals surface area contributed by atoms with Gasteiger partial charge in [-0.3, -0.25) is 9.69 Å². The maximum atomic E-state index is 13.0. The standard InChI is InChI=1S/C21H14F3NO5/c22-21(23,24)12-2-4-13(5-3-12)25-15-9-28-20(27)19(15)14(8-18(25)26)11-1-6-16-17(7-11)30-10-29-16/h1-7,14H,8-10H2. The molecule has 0 N–H and O–H groups in total. The van der Waals surface area contributed by atoms with Crippen LogP contribution in [-0.2, 0) is 20.5 Å². The summed E-state index contributed by atoms with van der Waals surface area (Å²) in [5.41, 5.74) is 0.808. The normalized spacial score (nSPS) is 20.5. The first-order valence-electron chi connectivity index (χ1n) is 9.13. The highest BCUT2D eigenvalue weighted by molar-refractivity contribution is 6.06. The number of esters is 1. The minimum absolute atomic E-state index is 0.0331. The largest absolute Gasteiger partial charge is 0.456 e. The zero-order chi connectivity index (χ0) is 21.0. The summed E-state index contributed by atoms with van der Waals surface area (Å²) in [6.07, 6.45) is -4.51. The zero-order valence-electron chi connectivity index (χ0n) is 15.4. The van der Waals surface area contributed by atoms with Crippen molar-refractivity contribution in [3.05, 3.63) is 64.9 Å². The van der Waals surface area contributed by atoms with Crippen molar-refractivity contribution >= 4 is 17.6 Å². The molecular formula is C21H14F3NO5. The smallest absolute Gasteiger partial charge is 0.416 e. The predicted octanol–water partition coefficient (Wildman–Crippen LogP) is 3.77. The van der Waals surface area contributed by atoms with Gasteiger partial charge in [-0.2, -0.15) is 13.2 Å². The van der Waals surface area contributed by atoms with Gasteiger partial charge in [0.05, 0.1) is 16.8 Å². The Hall–Kier alpha value is -3.49. The van der Waals surface area contributed by atoms with Crippen molar-refractivity contribution in [2.75, 3.05) is 18.3 Å². The van der Waals surface area contributed by atoms with Gasteiger partial charge in [0.2, 0.25) is 12.7 Å². The van der Waals surface area contributed by atoms with Crippen molar-refractivity contribution < 1.29 is 37.0 Å². The van der Waals surface area contributed by atoms with Crippen molar-refractivity contribution in [2.24, 2.45) is 0 Å². The third kappa shape index (κ3) is 2.89. The number of carbonyl (C=O) groups excluding carboxylic acids is 2. The van der Waals surface area contributed by atoms with Gasteiger partial charge >= 0.3 is 12.1 Å². The summed E-state index contributed by atoms with van der Waals surface area (Å²) in [5.74, 6) is -0.316. The van der Waals surface area contributed by atoms with E-state index in [2.05, 4.69) is 0 Å². The second-order valence-corrected chi connectivity index (χ2v) is 7.08. The summed E-state index contributed by atoms with van der Waals surface area (Å²) < 4.78 is 54.5. The molecule has 0 fully saturated rings. The molecule has 0 spiro atoms. The molecule has 1 unspecified atom stereocenters. The number of benzene rings is 2. The lowest BCUT2D eigenvalue weighted by molar-refractivity contribution is -0.138. The highest BCUT2D eigenvalue weighted by Gasteiger charge is 2.43. The first-order valence-corrected chi connectivity index (χ1v) is 9.13. The lowest BCUT2D eigenvalue weighted by Gasteiger charge is -2.32. The zero-order valence-corrected chi connectivity index (χ0v) is 15.4. The number of hydrogen-bond donors (Lipinski definition) is 0. The molecule has 9 heteroatoms. The van der Waals surface area contributed by atoms with Crippen LogP contribution in [0.25, 0.3) is 0 Å². The fourth-order valence-electron chi connectivity index (χ4n) is 3.97. The summed E-state index contributed by atoms with van der Waals surface area (Å²) >= 11 is 0. The van der Waals surface area contributed by atoms with Crippen molar-refractivity contribution in [1.29, 1.82) is 0 Å². The van der Waals surface area contributed by atoms with Crippen LogP contribution in [0.2, 0.25) is 0 Å². The summed E-state index contributed by atoms with van der Waals surface area (Å²) in [7, 11) is 0. The fourth-order valence-corrected chi connectivity index (χ4v) is 3.97. The molecule has 2 aromatic rings. The Bertz CT molecular complexity index is 1090. The second kappa shape index (κ2) is 6.51. The number of anilines is 1. The van der Waals surface area contributed by atoms with Gasteiger partial charge < -0.3 is 14.2 Å². The molecule has 0 saturated carbocycles. The highest BCUT2D eigenvalue weighted by Crippen LogP contribution is 2.44. The molecule has 1 amide bonds. The van der Waals surface area contributed by atoms with E-state index in [0.717, 1.165) is 12.1 Å². The molecule has 0 saturated heterocycles. The summed E-state index contributed by atoms with van der Waals surface area (Å²) in [6, 6.07) is 9.45. The van der Waals surface area contributed by atoms with Gasteiger partial charge in [0, 0.05) is 18.0 Å². The maximum Gasteiger partial charge on any atom is 0.416 e. The van der Waals surface area contributed by atoms with Gasteiger partial charge in [-0.15, -0.1) is 0 Å². The summed E-state index contributed by atoms with van der Waals surface area (Å²) in [5, 5.41) is 0. The number of fused-ring (bicyclic) bond motifs is 1. The SMILES string of the molecule is O=C1OCC2=C1C(c1ccc3c(c1)OCO3)CC(=O)N2c1ccc(C(F)(F)F)cc1. The van der Waals surface area contributed by atoms with E-state index in [9.17, 15) is 22.8 Å². The molecule has 3 aliphatic rings. The van der Waals surface area contributed by atoms with Gasteiger partial charge in [-0.1, -0.05) is 6.07 Å². The van der Waals surface area contributed by atoms with Gasteiger partial charge in [0.25, 0.3) is 0 Å². The van der Waals surface area contributed by atoms with Gasteiger partial charge in [0.15, 0.2) is 11.5 Å². The monoisotopic (exact) mass is 417 g/mol. The summed E-state index contributed by atoms with van der Waals surface area (Å²) in [4.78, 5) is 26.7. The third-order valence-corrected chi connectivity index (χ3v) is 5.37. The Morgan fingerprint density at radius 2 is 1.67 bits per heavy atom. The van der Waals surface area contributed by atoms with Gasteiger partial charge in [0.1, 0.15) is 6.61 Å². The number of halogens is 3. The number of nitrogens with zero attached hydrogens (tertiary/aromatic N) is 1. The predicted molar refractivity (Wildman–Crippen MR) is 96.8 cm³/mol. The van der Waals surface area contributed by atoms with Gasteiger partial charge in [-0.05, 0) is 42.0 Å². The molecular weight excluding hydrogens is 403 g/mol. The first kappa shape index (κ1) is 18.5. The topological polar surface area (TPSA) is 65.1 Å². The molecule has 3 heterocycles. The number of hydrogen-bond acceptors (Lipinski definition) is 5. The fraction of sp³-hybridized carbons (Fsp3) is 0.238. The molecule has 0 aromatic heterocycles. The average Bonchev–Trinajstić information content (AvgIpc) is 3.33. The van der Waals surface area contributed by atoms with Crippen molar-refractivity contribution in [1.82, 2.24) is 0 Å². The molecule has 1 atom stereocenters. The highest BCUT2D eigenvalue weighted by atomic mass is 19.4. The number of ether oxygens (including phenoxy) is 3. The van der Waals surface area contributed by atoms with Crippen molar-refractivity contribution in [3.63, 3.8) is 0 Å². The maximum absolute atomic E-state index is 13.0. The first-order chi connectivity index (χ1) is 14.3. The quantitative estimate of drug-likeness (QED) is 0.697. The Morgan fingerprint density at radius 3 is 2.40 bits per heavy atom. The van der Waals surface area contributed by atoms with Gasteiger partial charge in [-0.25, -0.2) is 4.79 Å². The Labute approximate surface area is 168 Å². The van der Waals surface area contributed by atoms with E-state index in [1.165, 1.54) is 17.0 Å². The average molecular weight is 417 g/mol. The van der Waals surface area contributed by atoms with Crippen molar-refractivity contribution in [2.45, 2.75) is 18.5 Å².